The second kappa shape index (κ2) is 6.04. The Labute approximate surface area is 119 Å². The molecule has 0 radical (unpaired) electrons. The van der Waals surface area contributed by atoms with E-state index in [1.54, 1.807) is 0 Å². The van der Waals surface area contributed by atoms with Gasteiger partial charge in [-0.2, -0.15) is 0 Å². The molecule has 1 aliphatic rings. The van der Waals surface area contributed by atoms with Crippen LogP contribution in [0.25, 0.3) is 10.8 Å². The number of nitrogens with one attached hydrogen (secondary N) is 1. The van der Waals surface area contributed by atoms with Crippen LogP contribution in [0.4, 0.5) is 5.69 Å². The number of benzene rings is 2. The molecule has 1 fully saturated rings. The van der Waals surface area contributed by atoms with E-state index in [4.69, 9.17) is 0 Å². The summed E-state index contributed by atoms with van der Waals surface area (Å²) in [5, 5.41) is 5.59. The fraction of sp³-hybridized carbons (Fsp3) is 0.267. The van der Waals surface area contributed by atoms with Crippen molar-refractivity contribution < 1.29 is 4.79 Å². The van der Waals surface area contributed by atoms with E-state index in [0.717, 1.165) is 30.7 Å². The lowest BCUT2D eigenvalue weighted by Crippen LogP contribution is -2.32. The number of rotatable bonds is 1. The van der Waals surface area contributed by atoms with Crippen LogP contribution in [0.3, 0.4) is 0 Å². The standard InChI is InChI=1S/C15H16N2O.ClH/c18-15-8-9-16-10-11-17(15)14-7-3-5-12-4-1-2-6-13(12)14;/h1-7,16H,8-11H2;1H. The summed E-state index contributed by atoms with van der Waals surface area (Å²) in [5.74, 6) is 0.205. The Kier molecular flexibility index (Phi) is 4.40. The summed E-state index contributed by atoms with van der Waals surface area (Å²) in [7, 11) is 0. The van der Waals surface area contributed by atoms with Gasteiger partial charge < -0.3 is 10.2 Å². The molecule has 1 N–H and O–H groups in total. The highest BCUT2D eigenvalue weighted by atomic mass is 35.5. The predicted molar refractivity (Wildman–Crippen MR) is 81.0 cm³/mol. The molecule has 2 aromatic carbocycles. The third-order valence-electron chi connectivity index (χ3n) is 3.39. The van der Waals surface area contributed by atoms with Crippen LogP contribution in [0.5, 0.6) is 0 Å². The summed E-state index contributed by atoms with van der Waals surface area (Å²) in [6.07, 6.45) is 0.573. The molecule has 0 aliphatic carbocycles. The molecule has 1 amide bonds. The van der Waals surface area contributed by atoms with Crippen molar-refractivity contribution in [3.05, 3.63) is 42.5 Å². The van der Waals surface area contributed by atoms with E-state index in [9.17, 15) is 4.79 Å². The van der Waals surface area contributed by atoms with Crippen LogP contribution >= 0.6 is 12.4 Å². The normalized spacial score (nSPS) is 16.0. The molecular formula is C15H17ClN2O. The molecule has 0 bridgehead atoms. The van der Waals surface area contributed by atoms with Crippen LogP contribution in [-0.4, -0.2) is 25.5 Å². The van der Waals surface area contributed by atoms with Gasteiger partial charge in [0.2, 0.25) is 5.91 Å². The zero-order valence-corrected chi connectivity index (χ0v) is 11.5. The average Bonchev–Trinajstić information content (AvgIpc) is 2.63. The van der Waals surface area contributed by atoms with Gasteiger partial charge in [0, 0.05) is 31.4 Å². The molecule has 0 spiro atoms. The third kappa shape index (κ3) is 2.72. The average molecular weight is 277 g/mol. The summed E-state index contributed by atoms with van der Waals surface area (Å²) < 4.78 is 0. The Bertz CT molecular complexity index is 580. The molecule has 0 aromatic heterocycles. The summed E-state index contributed by atoms with van der Waals surface area (Å²) >= 11 is 0. The number of halogens is 1. The molecule has 1 heterocycles. The van der Waals surface area contributed by atoms with Gasteiger partial charge in [-0.1, -0.05) is 36.4 Å². The van der Waals surface area contributed by atoms with Gasteiger partial charge >= 0.3 is 0 Å². The van der Waals surface area contributed by atoms with Crippen LogP contribution in [0.2, 0.25) is 0 Å². The smallest absolute Gasteiger partial charge is 0.228 e. The highest BCUT2D eigenvalue weighted by molar-refractivity contribution is 6.03. The van der Waals surface area contributed by atoms with Crippen LogP contribution in [-0.2, 0) is 4.79 Å². The quantitative estimate of drug-likeness (QED) is 0.868. The van der Waals surface area contributed by atoms with E-state index in [1.165, 1.54) is 5.39 Å². The van der Waals surface area contributed by atoms with Gasteiger partial charge in [-0.05, 0) is 11.5 Å². The van der Waals surface area contributed by atoms with Crippen molar-refractivity contribution in [2.24, 2.45) is 0 Å². The number of hydrogen-bond donors (Lipinski definition) is 1. The van der Waals surface area contributed by atoms with E-state index in [-0.39, 0.29) is 18.3 Å². The molecule has 0 unspecified atom stereocenters. The highest BCUT2D eigenvalue weighted by Crippen LogP contribution is 2.27. The Balaban J connectivity index is 0.00000133. The number of fused-ring (bicyclic) bond motifs is 1. The Hall–Kier alpha value is -1.58. The monoisotopic (exact) mass is 276 g/mol. The van der Waals surface area contributed by atoms with Gasteiger partial charge in [0.25, 0.3) is 0 Å². The number of amides is 1. The Morgan fingerprint density at radius 2 is 1.79 bits per heavy atom. The van der Waals surface area contributed by atoms with Crippen LogP contribution in [0.1, 0.15) is 6.42 Å². The first-order valence-corrected chi connectivity index (χ1v) is 6.35. The highest BCUT2D eigenvalue weighted by Gasteiger charge is 2.19. The molecule has 3 nitrogen and oxygen atoms in total. The van der Waals surface area contributed by atoms with Crippen molar-refractivity contribution >= 4 is 34.8 Å². The maximum absolute atomic E-state index is 12.1. The van der Waals surface area contributed by atoms with Crippen molar-refractivity contribution in [3.8, 4) is 0 Å². The predicted octanol–water partition coefficient (Wildman–Crippen LogP) is 2.59. The second-order valence-corrected chi connectivity index (χ2v) is 4.54. The minimum absolute atomic E-state index is 0. The number of nitrogens with zero attached hydrogens (tertiary/aromatic N) is 1. The maximum atomic E-state index is 12.1. The summed E-state index contributed by atoms with van der Waals surface area (Å²) in [5.41, 5.74) is 1.03. The molecule has 0 atom stereocenters. The zero-order chi connectivity index (χ0) is 12.4. The summed E-state index contributed by atoms with van der Waals surface area (Å²) in [6, 6.07) is 14.3. The molecule has 1 aliphatic heterocycles. The van der Waals surface area contributed by atoms with Crippen LogP contribution in [0, 0.1) is 0 Å². The van der Waals surface area contributed by atoms with Crippen molar-refractivity contribution in [2.75, 3.05) is 24.5 Å². The molecule has 1 saturated heterocycles. The lowest BCUT2D eigenvalue weighted by atomic mass is 10.1. The molecule has 19 heavy (non-hydrogen) atoms. The van der Waals surface area contributed by atoms with Gasteiger partial charge in [-0.3, -0.25) is 4.79 Å². The number of carbonyl (C=O) groups excluding carboxylic acids is 1. The van der Waals surface area contributed by atoms with Gasteiger partial charge in [0.15, 0.2) is 0 Å². The minimum Gasteiger partial charge on any atom is -0.314 e. The lowest BCUT2D eigenvalue weighted by Gasteiger charge is -2.22. The van der Waals surface area contributed by atoms with Gasteiger partial charge in [0.1, 0.15) is 0 Å². The number of anilines is 1. The second-order valence-electron chi connectivity index (χ2n) is 4.54. The van der Waals surface area contributed by atoms with E-state index in [2.05, 4.69) is 23.5 Å². The van der Waals surface area contributed by atoms with Crippen LogP contribution in [0.15, 0.2) is 42.5 Å². The Morgan fingerprint density at radius 3 is 2.68 bits per heavy atom. The van der Waals surface area contributed by atoms with E-state index in [0.29, 0.717) is 6.42 Å². The fourth-order valence-corrected chi connectivity index (χ4v) is 2.47. The van der Waals surface area contributed by atoms with Crippen molar-refractivity contribution in [3.63, 3.8) is 0 Å². The molecular weight excluding hydrogens is 260 g/mol. The summed E-state index contributed by atoms with van der Waals surface area (Å²) in [4.78, 5) is 14.0. The Morgan fingerprint density at radius 1 is 1.00 bits per heavy atom. The van der Waals surface area contributed by atoms with Crippen molar-refractivity contribution in [1.29, 1.82) is 0 Å². The van der Waals surface area contributed by atoms with Crippen LogP contribution < -0.4 is 10.2 Å². The SMILES string of the molecule is Cl.O=C1CCNCCN1c1cccc2ccccc12. The van der Waals surface area contributed by atoms with Gasteiger partial charge in [-0.25, -0.2) is 0 Å². The fourth-order valence-electron chi connectivity index (χ4n) is 2.47. The molecule has 4 heteroatoms. The van der Waals surface area contributed by atoms with Gasteiger partial charge in [0.05, 0.1) is 5.69 Å². The van der Waals surface area contributed by atoms with E-state index in [1.807, 2.05) is 29.2 Å². The first-order chi connectivity index (χ1) is 8.86. The molecule has 100 valence electrons. The lowest BCUT2D eigenvalue weighted by molar-refractivity contribution is -0.118. The van der Waals surface area contributed by atoms with Crippen molar-refractivity contribution in [1.82, 2.24) is 5.32 Å². The molecule has 3 rings (SSSR count). The van der Waals surface area contributed by atoms with Crippen molar-refractivity contribution in [2.45, 2.75) is 6.42 Å². The first-order valence-electron chi connectivity index (χ1n) is 6.35. The molecule has 2 aromatic rings. The van der Waals surface area contributed by atoms with E-state index >= 15 is 0 Å². The zero-order valence-electron chi connectivity index (χ0n) is 10.6. The third-order valence-corrected chi connectivity index (χ3v) is 3.39. The molecule has 0 saturated carbocycles. The minimum atomic E-state index is 0. The first kappa shape index (κ1) is 13.8. The van der Waals surface area contributed by atoms with Gasteiger partial charge in [-0.15, -0.1) is 12.4 Å². The van der Waals surface area contributed by atoms with E-state index < -0.39 is 0 Å². The topological polar surface area (TPSA) is 32.3 Å². The largest absolute Gasteiger partial charge is 0.314 e. The maximum Gasteiger partial charge on any atom is 0.228 e. The summed E-state index contributed by atoms with van der Waals surface area (Å²) in [6.45, 7) is 2.38. The number of carbonyl (C=O) groups is 1. The number of hydrogen-bond acceptors (Lipinski definition) is 2.